The highest BCUT2D eigenvalue weighted by Gasteiger charge is 2.30. The number of rotatable bonds is 4. The third-order valence-electron chi connectivity index (χ3n) is 4.22. The Hall–Kier alpha value is -2.89. The van der Waals surface area contributed by atoms with E-state index in [0.717, 1.165) is 35.4 Å². The molecule has 0 spiro atoms. The number of fused-ring (bicyclic) bond motifs is 1. The van der Waals surface area contributed by atoms with Gasteiger partial charge in [0.25, 0.3) is 0 Å². The Morgan fingerprint density at radius 2 is 1.92 bits per heavy atom. The molecule has 0 aliphatic heterocycles. The maximum atomic E-state index is 11.9. The standard InChI is InChI=1S/C18H19N5O/c1-22(2)14-10-8-12(9-11-14)15-4-3-5-16-19-18(21-23(15)16)20-17(24)13-6-7-13/h3-5,8-11,13H,6-7H2,1-2H3,(H,20,21,24). The molecule has 1 N–H and O–H groups in total. The fourth-order valence-corrected chi connectivity index (χ4v) is 2.66. The predicted octanol–water partition coefficient (Wildman–Crippen LogP) is 2.81. The number of aromatic nitrogens is 3. The van der Waals surface area contributed by atoms with Crippen molar-refractivity contribution in [2.45, 2.75) is 12.8 Å². The average Bonchev–Trinajstić information content (AvgIpc) is 3.35. The first-order valence-electron chi connectivity index (χ1n) is 8.06. The van der Waals surface area contributed by atoms with E-state index in [-0.39, 0.29) is 11.8 Å². The number of carbonyl (C=O) groups is 1. The molecule has 1 aliphatic rings. The van der Waals surface area contributed by atoms with E-state index in [9.17, 15) is 4.79 Å². The molecule has 4 rings (SSSR count). The van der Waals surface area contributed by atoms with Crippen molar-refractivity contribution in [2.24, 2.45) is 5.92 Å². The summed E-state index contributed by atoms with van der Waals surface area (Å²) >= 11 is 0. The lowest BCUT2D eigenvalue weighted by Crippen LogP contribution is -2.14. The summed E-state index contributed by atoms with van der Waals surface area (Å²) < 4.78 is 1.77. The molecule has 1 fully saturated rings. The topological polar surface area (TPSA) is 62.5 Å². The van der Waals surface area contributed by atoms with E-state index in [1.165, 1.54) is 0 Å². The molecule has 3 aromatic rings. The predicted molar refractivity (Wildman–Crippen MR) is 94.1 cm³/mol. The van der Waals surface area contributed by atoms with Crippen LogP contribution in [-0.4, -0.2) is 34.6 Å². The summed E-state index contributed by atoms with van der Waals surface area (Å²) in [6.07, 6.45) is 1.92. The van der Waals surface area contributed by atoms with Crippen LogP contribution in [0.25, 0.3) is 16.9 Å². The second-order valence-electron chi connectivity index (χ2n) is 6.32. The van der Waals surface area contributed by atoms with Crippen molar-refractivity contribution in [2.75, 3.05) is 24.3 Å². The fraction of sp³-hybridized carbons (Fsp3) is 0.278. The zero-order chi connectivity index (χ0) is 16.7. The Balaban J connectivity index is 1.69. The number of benzene rings is 1. The van der Waals surface area contributed by atoms with Gasteiger partial charge in [-0.3, -0.25) is 10.1 Å². The number of nitrogens with one attached hydrogen (secondary N) is 1. The second-order valence-corrected chi connectivity index (χ2v) is 6.32. The number of hydrogen-bond donors (Lipinski definition) is 1. The molecule has 2 heterocycles. The van der Waals surface area contributed by atoms with Crippen LogP contribution in [0.5, 0.6) is 0 Å². The zero-order valence-corrected chi connectivity index (χ0v) is 13.7. The summed E-state index contributed by atoms with van der Waals surface area (Å²) in [6.45, 7) is 0. The molecule has 2 aromatic heterocycles. The summed E-state index contributed by atoms with van der Waals surface area (Å²) in [6, 6.07) is 14.1. The largest absolute Gasteiger partial charge is 0.378 e. The summed E-state index contributed by atoms with van der Waals surface area (Å²) in [5, 5.41) is 7.27. The first-order chi connectivity index (χ1) is 11.6. The van der Waals surface area contributed by atoms with E-state index in [1.54, 1.807) is 4.52 Å². The van der Waals surface area contributed by atoms with Crippen molar-refractivity contribution in [1.82, 2.24) is 14.6 Å². The number of carbonyl (C=O) groups excluding carboxylic acids is 1. The minimum atomic E-state index is 0.0165. The third kappa shape index (κ3) is 2.71. The highest BCUT2D eigenvalue weighted by molar-refractivity contribution is 5.92. The molecule has 1 saturated carbocycles. The fourth-order valence-electron chi connectivity index (χ4n) is 2.66. The minimum Gasteiger partial charge on any atom is -0.378 e. The minimum absolute atomic E-state index is 0.0165. The van der Waals surface area contributed by atoms with Crippen molar-refractivity contribution in [3.05, 3.63) is 42.5 Å². The molecule has 0 radical (unpaired) electrons. The van der Waals surface area contributed by atoms with Crippen LogP contribution in [0, 0.1) is 5.92 Å². The van der Waals surface area contributed by atoms with Gasteiger partial charge < -0.3 is 4.90 Å². The van der Waals surface area contributed by atoms with Gasteiger partial charge in [-0.2, -0.15) is 4.98 Å². The Bertz CT molecular complexity index is 893. The van der Waals surface area contributed by atoms with Crippen LogP contribution in [0.15, 0.2) is 42.5 Å². The Morgan fingerprint density at radius 1 is 1.17 bits per heavy atom. The Kier molecular flexibility index (Phi) is 3.45. The van der Waals surface area contributed by atoms with Crippen molar-refractivity contribution >= 4 is 23.2 Å². The molecule has 0 saturated heterocycles. The first kappa shape index (κ1) is 14.7. The first-order valence-corrected chi connectivity index (χ1v) is 8.06. The van der Waals surface area contributed by atoms with Crippen molar-refractivity contribution in [3.8, 4) is 11.3 Å². The number of pyridine rings is 1. The van der Waals surface area contributed by atoms with E-state index in [1.807, 2.05) is 32.3 Å². The van der Waals surface area contributed by atoms with E-state index in [2.05, 4.69) is 44.6 Å². The maximum Gasteiger partial charge on any atom is 0.249 e. The molecule has 24 heavy (non-hydrogen) atoms. The van der Waals surface area contributed by atoms with Crippen LogP contribution in [0.3, 0.4) is 0 Å². The molecule has 6 heteroatoms. The van der Waals surface area contributed by atoms with Gasteiger partial charge in [0.05, 0.1) is 5.69 Å². The molecule has 122 valence electrons. The van der Waals surface area contributed by atoms with Crippen LogP contribution >= 0.6 is 0 Å². The van der Waals surface area contributed by atoms with Gasteiger partial charge in [-0.15, -0.1) is 5.10 Å². The van der Waals surface area contributed by atoms with Gasteiger partial charge in [0.1, 0.15) is 0 Å². The molecular formula is C18H19N5O. The lowest BCUT2D eigenvalue weighted by atomic mass is 10.1. The molecular weight excluding hydrogens is 302 g/mol. The van der Waals surface area contributed by atoms with Crippen molar-refractivity contribution < 1.29 is 4.79 Å². The van der Waals surface area contributed by atoms with Crippen molar-refractivity contribution in [1.29, 1.82) is 0 Å². The van der Waals surface area contributed by atoms with Crippen LogP contribution in [0.2, 0.25) is 0 Å². The highest BCUT2D eigenvalue weighted by atomic mass is 16.2. The van der Waals surface area contributed by atoms with E-state index < -0.39 is 0 Å². The van der Waals surface area contributed by atoms with Crippen molar-refractivity contribution in [3.63, 3.8) is 0 Å². The third-order valence-corrected chi connectivity index (χ3v) is 4.22. The number of nitrogens with zero attached hydrogens (tertiary/aromatic N) is 4. The Morgan fingerprint density at radius 3 is 2.58 bits per heavy atom. The van der Waals surface area contributed by atoms with Gasteiger partial charge >= 0.3 is 0 Å². The smallest absolute Gasteiger partial charge is 0.249 e. The lowest BCUT2D eigenvalue weighted by molar-refractivity contribution is -0.117. The normalized spacial score (nSPS) is 13.9. The van der Waals surface area contributed by atoms with E-state index in [4.69, 9.17) is 0 Å². The van der Waals surface area contributed by atoms with E-state index >= 15 is 0 Å². The van der Waals surface area contributed by atoms with Gasteiger partial charge in [0, 0.05) is 31.3 Å². The van der Waals surface area contributed by atoms with Crippen LogP contribution < -0.4 is 10.2 Å². The molecule has 1 aliphatic carbocycles. The number of amides is 1. The Labute approximate surface area is 140 Å². The number of anilines is 2. The summed E-state index contributed by atoms with van der Waals surface area (Å²) in [4.78, 5) is 18.4. The monoisotopic (exact) mass is 321 g/mol. The second kappa shape index (κ2) is 5.63. The average molecular weight is 321 g/mol. The van der Waals surface area contributed by atoms with E-state index in [0.29, 0.717) is 5.95 Å². The van der Waals surface area contributed by atoms with Gasteiger partial charge in [0.2, 0.25) is 11.9 Å². The highest BCUT2D eigenvalue weighted by Crippen LogP contribution is 2.30. The van der Waals surface area contributed by atoms with Gasteiger partial charge in [-0.05, 0) is 37.1 Å². The summed E-state index contributed by atoms with van der Waals surface area (Å²) in [7, 11) is 4.03. The molecule has 0 atom stereocenters. The van der Waals surface area contributed by atoms with Crippen LogP contribution in [-0.2, 0) is 4.79 Å². The van der Waals surface area contributed by atoms with Crippen LogP contribution in [0.4, 0.5) is 11.6 Å². The van der Waals surface area contributed by atoms with Gasteiger partial charge in [-0.25, -0.2) is 4.52 Å². The quantitative estimate of drug-likeness (QED) is 0.802. The molecule has 0 unspecified atom stereocenters. The number of hydrogen-bond acceptors (Lipinski definition) is 4. The molecule has 6 nitrogen and oxygen atoms in total. The lowest BCUT2D eigenvalue weighted by Gasteiger charge is -2.12. The van der Waals surface area contributed by atoms with Crippen LogP contribution in [0.1, 0.15) is 12.8 Å². The zero-order valence-electron chi connectivity index (χ0n) is 13.7. The molecule has 0 bridgehead atoms. The molecule has 1 amide bonds. The van der Waals surface area contributed by atoms with Gasteiger partial charge in [-0.1, -0.05) is 18.2 Å². The summed E-state index contributed by atoms with van der Waals surface area (Å²) in [5.74, 6) is 0.515. The SMILES string of the molecule is CN(C)c1ccc(-c2cccc3nc(NC(=O)C4CC4)nn23)cc1. The van der Waals surface area contributed by atoms with Gasteiger partial charge in [0.15, 0.2) is 5.65 Å². The maximum absolute atomic E-state index is 11.9. The summed E-state index contributed by atoms with van der Waals surface area (Å²) in [5.41, 5.74) is 3.85. The molecule has 1 aromatic carbocycles.